The lowest BCUT2D eigenvalue weighted by Crippen LogP contribution is -2.56. The van der Waals surface area contributed by atoms with Crippen molar-refractivity contribution in [2.24, 2.45) is 0 Å². The van der Waals surface area contributed by atoms with Crippen LogP contribution in [0.5, 0.6) is 0 Å². The number of thiol groups is 1. The van der Waals surface area contributed by atoms with Crippen LogP contribution < -0.4 is 0 Å². The number of benzene rings is 1. The minimum Gasteiger partial charge on any atom is -0.335 e. The predicted molar refractivity (Wildman–Crippen MR) is 76.3 cm³/mol. The van der Waals surface area contributed by atoms with E-state index in [1.54, 1.807) is 0 Å². The molecule has 0 spiro atoms. The first-order valence-electron chi connectivity index (χ1n) is 6.30. The number of rotatable bonds is 1. The van der Waals surface area contributed by atoms with Crippen molar-refractivity contribution in [2.45, 2.75) is 30.8 Å². The minimum atomic E-state index is 0.0902. The smallest absolute Gasteiger partial charge is 0.255 e. The molecule has 0 saturated carbocycles. The molecule has 1 aliphatic rings. The molecule has 1 saturated heterocycles. The van der Waals surface area contributed by atoms with E-state index in [0.29, 0.717) is 17.6 Å². The highest BCUT2D eigenvalue weighted by Crippen LogP contribution is 2.19. The van der Waals surface area contributed by atoms with Crippen LogP contribution in [0.3, 0.4) is 0 Å². The van der Waals surface area contributed by atoms with Crippen molar-refractivity contribution >= 4 is 18.5 Å². The standard InChI is InChI=1S/C14H20N2OS/c1-10-8-16(9-11(2)15(10)3)14(17)12-6-4-5-7-13(12)18/h4-7,10-11,18H,8-9H2,1-3H3. The number of nitrogens with zero attached hydrogens (tertiary/aromatic N) is 2. The Morgan fingerprint density at radius 3 is 2.33 bits per heavy atom. The van der Waals surface area contributed by atoms with Crippen LogP contribution in [0, 0.1) is 0 Å². The Labute approximate surface area is 114 Å². The van der Waals surface area contributed by atoms with Crippen molar-refractivity contribution in [1.82, 2.24) is 9.80 Å². The summed E-state index contributed by atoms with van der Waals surface area (Å²) in [5.41, 5.74) is 0.699. The average Bonchev–Trinajstić information content (AvgIpc) is 2.35. The topological polar surface area (TPSA) is 23.6 Å². The molecule has 1 heterocycles. The molecule has 2 rings (SSSR count). The van der Waals surface area contributed by atoms with E-state index < -0.39 is 0 Å². The highest BCUT2D eigenvalue weighted by atomic mass is 32.1. The van der Waals surface area contributed by atoms with E-state index in [4.69, 9.17) is 0 Å². The molecule has 0 bridgehead atoms. The van der Waals surface area contributed by atoms with E-state index >= 15 is 0 Å². The number of carbonyl (C=O) groups excluding carboxylic acids is 1. The molecule has 98 valence electrons. The van der Waals surface area contributed by atoms with Gasteiger partial charge in [-0.2, -0.15) is 0 Å². The molecule has 0 N–H and O–H groups in total. The highest BCUT2D eigenvalue weighted by Gasteiger charge is 2.30. The van der Waals surface area contributed by atoms with Gasteiger partial charge in [0, 0.05) is 30.1 Å². The minimum absolute atomic E-state index is 0.0902. The van der Waals surface area contributed by atoms with Crippen LogP contribution >= 0.6 is 12.6 Å². The van der Waals surface area contributed by atoms with Crippen molar-refractivity contribution < 1.29 is 4.79 Å². The van der Waals surface area contributed by atoms with Crippen molar-refractivity contribution in [3.63, 3.8) is 0 Å². The fourth-order valence-electron chi connectivity index (χ4n) is 2.40. The van der Waals surface area contributed by atoms with Gasteiger partial charge in [0.1, 0.15) is 0 Å². The van der Waals surface area contributed by atoms with E-state index in [1.165, 1.54) is 0 Å². The molecule has 2 atom stereocenters. The largest absolute Gasteiger partial charge is 0.335 e. The van der Waals surface area contributed by atoms with E-state index in [0.717, 1.165) is 18.0 Å². The number of hydrogen-bond acceptors (Lipinski definition) is 3. The van der Waals surface area contributed by atoms with Crippen LogP contribution in [0.1, 0.15) is 24.2 Å². The molecular formula is C14H20N2OS. The summed E-state index contributed by atoms with van der Waals surface area (Å²) < 4.78 is 0. The second-order valence-corrected chi connectivity index (χ2v) is 5.57. The highest BCUT2D eigenvalue weighted by molar-refractivity contribution is 7.80. The Balaban J connectivity index is 2.18. The molecule has 0 radical (unpaired) electrons. The van der Waals surface area contributed by atoms with Gasteiger partial charge in [-0.3, -0.25) is 9.69 Å². The second-order valence-electron chi connectivity index (χ2n) is 5.09. The predicted octanol–water partition coefficient (Wildman–Crippen LogP) is 2.14. The summed E-state index contributed by atoms with van der Waals surface area (Å²) >= 11 is 4.36. The molecule has 1 aromatic rings. The SMILES string of the molecule is CC1CN(C(=O)c2ccccc2S)CC(C)N1C. The van der Waals surface area contributed by atoms with Crippen LogP contribution in [-0.4, -0.2) is 47.9 Å². The number of likely N-dealkylation sites (N-methyl/N-ethyl adjacent to an activating group) is 1. The molecule has 4 heteroatoms. The number of hydrogen-bond donors (Lipinski definition) is 1. The van der Waals surface area contributed by atoms with E-state index in [-0.39, 0.29) is 5.91 Å². The lowest BCUT2D eigenvalue weighted by atomic mass is 10.1. The van der Waals surface area contributed by atoms with Gasteiger partial charge in [0.05, 0.1) is 5.56 Å². The summed E-state index contributed by atoms with van der Waals surface area (Å²) in [5, 5.41) is 0. The fraction of sp³-hybridized carbons (Fsp3) is 0.500. The van der Waals surface area contributed by atoms with Gasteiger partial charge in [0.25, 0.3) is 5.91 Å². The average molecular weight is 264 g/mol. The van der Waals surface area contributed by atoms with Gasteiger partial charge in [-0.25, -0.2) is 0 Å². The summed E-state index contributed by atoms with van der Waals surface area (Å²) in [6.45, 7) is 5.87. The van der Waals surface area contributed by atoms with Gasteiger partial charge in [-0.1, -0.05) is 12.1 Å². The normalized spacial score (nSPS) is 25.2. The Kier molecular flexibility index (Phi) is 3.97. The number of piperazine rings is 1. The first-order chi connectivity index (χ1) is 8.50. The molecular weight excluding hydrogens is 244 g/mol. The third kappa shape index (κ3) is 2.54. The van der Waals surface area contributed by atoms with Gasteiger partial charge >= 0.3 is 0 Å². The lowest BCUT2D eigenvalue weighted by Gasteiger charge is -2.42. The van der Waals surface area contributed by atoms with Crippen LogP contribution in [-0.2, 0) is 0 Å². The number of carbonyl (C=O) groups is 1. The quantitative estimate of drug-likeness (QED) is 0.786. The molecule has 1 aliphatic heterocycles. The van der Waals surface area contributed by atoms with E-state index in [9.17, 15) is 4.79 Å². The van der Waals surface area contributed by atoms with Gasteiger partial charge in [-0.15, -0.1) is 12.6 Å². The summed E-state index contributed by atoms with van der Waals surface area (Å²) in [6, 6.07) is 8.27. The molecule has 0 aliphatic carbocycles. The summed E-state index contributed by atoms with van der Waals surface area (Å²) in [4.78, 5) is 17.5. The number of amides is 1. The Morgan fingerprint density at radius 2 is 1.78 bits per heavy atom. The molecule has 18 heavy (non-hydrogen) atoms. The molecule has 1 aromatic carbocycles. The van der Waals surface area contributed by atoms with Gasteiger partial charge < -0.3 is 4.90 Å². The Hall–Kier alpha value is -1.00. The first-order valence-corrected chi connectivity index (χ1v) is 6.74. The van der Waals surface area contributed by atoms with Crippen molar-refractivity contribution in [3.05, 3.63) is 29.8 Å². The van der Waals surface area contributed by atoms with Gasteiger partial charge in [0.2, 0.25) is 0 Å². The van der Waals surface area contributed by atoms with Crippen LogP contribution in [0.2, 0.25) is 0 Å². The maximum absolute atomic E-state index is 12.5. The van der Waals surface area contributed by atoms with Crippen LogP contribution in [0.15, 0.2) is 29.2 Å². The Bertz CT molecular complexity index is 437. The molecule has 0 aromatic heterocycles. The summed E-state index contributed by atoms with van der Waals surface area (Å²) in [7, 11) is 2.11. The van der Waals surface area contributed by atoms with Crippen molar-refractivity contribution in [1.29, 1.82) is 0 Å². The van der Waals surface area contributed by atoms with Crippen molar-refractivity contribution in [2.75, 3.05) is 20.1 Å². The van der Waals surface area contributed by atoms with Crippen LogP contribution in [0.25, 0.3) is 0 Å². The Morgan fingerprint density at radius 1 is 1.22 bits per heavy atom. The zero-order valence-corrected chi connectivity index (χ0v) is 12.0. The molecule has 3 nitrogen and oxygen atoms in total. The van der Waals surface area contributed by atoms with Gasteiger partial charge in [0.15, 0.2) is 0 Å². The second kappa shape index (κ2) is 5.33. The maximum atomic E-state index is 12.5. The lowest BCUT2D eigenvalue weighted by molar-refractivity contribution is 0.0411. The van der Waals surface area contributed by atoms with Gasteiger partial charge in [-0.05, 0) is 33.0 Å². The first kappa shape index (κ1) is 13.4. The summed E-state index contributed by atoms with van der Waals surface area (Å²) in [5.74, 6) is 0.0902. The molecule has 1 fully saturated rings. The molecule has 2 unspecified atom stereocenters. The third-order valence-corrected chi connectivity index (χ3v) is 4.17. The third-order valence-electron chi connectivity index (χ3n) is 3.78. The monoisotopic (exact) mass is 264 g/mol. The van der Waals surface area contributed by atoms with E-state index in [1.807, 2.05) is 29.2 Å². The zero-order chi connectivity index (χ0) is 13.3. The van der Waals surface area contributed by atoms with Crippen LogP contribution in [0.4, 0.5) is 0 Å². The molecule has 1 amide bonds. The zero-order valence-electron chi connectivity index (χ0n) is 11.1. The summed E-state index contributed by atoms with van der Waals surface area (Å²) in [6.07, 6.45) is 0. The van der Waals surface area contributed by atoms with Crippen molar-refractivity contribution in [3.8, 4) is 0 Å². The van der Waals surface area contributed by atoms with E-state index in [2.05, 4.69) is 38.4 Å². The fourth-order valence-corrected chi connectivity index (χ4v) is 2.65. The maximum Gasteiger partial charge on any atom is 0.255 e.